The maximum absolute atomic E-state index is 12.6. The molecule has 2 aromatic carbocycles. The minimum absolute atomic E-state index is 0.0123. The number of amides is 3. The molecule has 3 aromatic rings. The van der Waals surface area contributed by atoms with E-state index in [1.54, 1.807) is 32.9 Å². The SMILES string of the molecule is CC(=O)N(c1ccccc1)c1nc(/C=C/C(=O)N2CCN(C(=O)c3ccccc3)CC2)cs1. The van der Waals surface area contributed by atoms with E-state index < -0.39 is 0 Å². The van der Waals surface area contributed by atoms with Crippen LogP contribution in [0.25, 0.3) is 6.08 Å². The molecule has 0 aliphatic carbocycles. The number of para-hydroxylation sites is 1. The van der Waals surface area contributed by atoms with E-state index in [9.17, 15) is 14.4 Å². The van der Waals surface area contributed by atoms with Crippen molar-refractivity contribution in [2.75, 3.05) is 31.1 Å². The number of carbonyl (C=O) groups is 3. The van der Waals surface area contributed by atoms with Crippen molar-refractivity contribution in [1.82, 2.24) is 14.8 Å². The van der Waals surface area contributed by atoms with Crippen molar-refractivity contribution in [2.24, 2.45) is 0 Å². The van der Waals surface area contributed by atoms with Gasteiger partial charge in [0.25, 0.3) is 5.91 Å². The van der Waals surface area contributed by atoms with Crippen molar-refractivity contribution in [2.45, 2.75) is 6.92 Å². The lowest BCUT2D eigenvalue weighted by Crippen LogP contribution is -2.50. The summed E-state index contributed by atoms with van der Waals surface area (Å²) >= 11 is 1.34. The molecule has 1 fully saturated rings. The minimum atomic E-state index is -0.134. The largest absolute Gasteiger partial charge is 0.336 e. The van der Waals surface area contributed by atoms with Gasteiger partial charge in [0.05, 0.1) is 11.4 Å². The smallest absolute Gasteiger partial charge is 0.253 e. The average Bonchev–Trinajstić information content (AvgIpc) is 3.31. The van der Waals surface area contributed by atoms with Crippen molar-refractivity contribution in [3.8, 4) is 0 Å². The highest BCUT2D eigenvalue weighted by atomic mass is 32.1. The van der Waals surface area contributed by atoms with Crippen molar-refractivity contribution in [3.05, 3.63) is 83.4 Å². The first-order valence-corrected chi connectivity index (χ1v) is 11.5. The Labute approximate surface area is 196 Å². The molecule has 1 aromatic heterocycles. The van der Waals surface area contributed by atoms with E-state index in [4.69, 9.17) is 0 Å². The van der Waals surface area contributed by atoms with Crippen LogP contribution in [0.3, 0.4) is 0 Å². The zero-order chi connectivity index (χ0) is 23.2. The number of piperazine rings is 1. The zero-order valence-corrected chi connectivity index (χ0v) is 19.1. The molecule has 0 bridgehead atoms. The Balaban J connectivity index is 1.35. The first kappa shape index (κ1) is 22.4. The van der Waals surface area contributed by atoms with Gasteiger partial charge in [0, 0.05) is 50.1 Å². The summed E-state index contributed by atoms with van der Waals surface area (Å²) in [5.41, 5.74) is 2.02. The number of rotatable bonds is 5. The monoisotopic (exact) mass is 460 g/mol. The maximum Gasteiger partial charge on any atom is 0.253 e. The molecule has 0 radical (unpaired) electrons. The molecule has 2 heterocycles. The average molecular weight is 461 g/mol. The molecule has 4 rings (SSSR count). The first-order valence-electron chi connectivity index (χ1n) is 10.7. The third-order valence-corrected chi connectivity index (χ3v) is 6.17. The van der Waals surface area contributed by atoms with Crippen LogP contribution in [0, 0.1) is 0 Å². The highest BCUT2D eigenvalue weighted by molar-refractivity contribution is 7.14. The maximum atomic E-state index is 12.6. The van der Waals surface area contributed by atoms with Gasteiger partial charge in [-0.2, -0.15) is 0 Å². The van der Waals surface area contributed by atoms with Gasteiger partial charge < -0.3 is 9.80 Å². The first-order chi connectivity index (χ1) is 16.0. The molecule has 168 valence electrons. The summed E-state index contributed by atoms with van der Waals surface area (Å²) in [4.78, 5) is 46.9. The fourth-order valence-corrected chi connectivity index (χ4v) is 4.47. The summed E-state index contributed by atoms with van der Waals surface area (Å²) in [5, 5.41) is 2.36. The molecule has 1 aliphatic heterocycles. The Hall–Kier alpha value is -3.78. The predicted octanol–water partition coefficient (Wildman–Crippen LogP) is 3.83. The lowest BCUT2D eigenvalue weighted by Gasteiger charge is -2.34. The molecule has 0 atom stereocenters. The quantitative estimate of drug-likeness (QED) is 0.543. The van der Waals surface area contributed by atoms with E-state index in [1.165, 1.54) is 24.3 Å². The Morgan fingerprint density at radius 2 is 1.52 bits per heavy atom. The fourth-order valence-electron chi connectivity index (χ4n) is 3.61. The Bertz CT molecular complexity index is 1150. The summed E-state index contributed by atoms with van der Waals surface area (Å²) in [7, 11) is 0. The van der Waals surface area contributed by atoms with Gasteiger partial charge in [-0.3, -0.25) is 19.3 Å². The van der Waals surface area contributed by atoms with Crippen LogP contribution in [0.4, 0.5) is 10.8 Å². The molecule has 8 heteroatoms. The Morgan fingerprint density at radius 1 is 0.909 bits per heavy atom. The van der Waals surface area contributed by atoms with E-state index in [0.717, 1.165) is 5.69 Å². The van der Waals surface area contributed by atoms with Crippen molar-refractivity contribution < 1.29 is 14.4 Å². The summed E-state index contributed by atoms with van der Waals surface area (Å²) in [6.45, 7) is 3.46. The summed E-state index contributed by atoms with van der Waals surface area (Å²) in [6.07, 6.45) is 3.15. The van der Waals surface area contributed by atoms with E-state index in [2.05, 4.69) is 4.98 Å². The van der Waals surface area contributed by atoms with Crippen LogP contribution in [0.5, 0.6) is 0 Å². The minimum Gasteiger partial charge on any atom is -0.336 e. The van der Waals surface area contributed by atoms with E-state index in [1.807, 2.05) is 53.9 Å². The third kappa shape index (κ3) is 5.35. The lowest BCUT2D eigenvalue weighted by atomic mass is 10.2. The normalized spacial score (nSPS) is 13.8. The molecule has 0 spiro atoms. The topological polar surface area (TPSA) is 73.8 Å². The number of carbonyl (C=O) groups excluding carboxylic acids is 3. The number of benzene rings is 2. The van der Waals surface area contributed by atoms with E-state index >= 15 is 0 Å². The van der Waals surface area contributed by atoms with Crippen LogP contribution >= 0.6 is 11.3 Å². The van der Waals surface area contributed by atoms with Gasteiger partial charge in [0.1, 0.15) is 0 Å². The standard InChI is InChI=1S/C25H24N4O3S/c1-19(30)29(22-10-6-3-7-11-22)25-26-21(18-33-25)12-13-23(31)27-14-16-28(17-15-27)24(32)20-8-4-2-5-9-20/h2-13,18H,14-17H2,1H3/b13-12+. The van der Waals surface area contributed by atoms with Gasteiger partial charge in [-0.15, -0.1) is 11.3 Å². The predicted molar refractivity (Wildman–Crippen MR) is 129 cm³/mol. The molecular weight excluding hydrogens is 436 g/mol. The second-order valence-corrected chi connectivity index (χ2v) is 8.40. The van der Waals surface area contributed by atoms with Crippen molar-refractivity contribution >= 4 is 46.0 Å². The Kier molecular flexibility index (Phi) is 6.95. The zero-order valence-electron chi connectivity index (χ0n) is 18.3. The lowest BCUT2D eigenvalue weighted by molar-refractivity contribution is -0.127. The number of nitrogens with zero attached hydrogens (tertiary/aromatic N) is 4. The van der Waals surface area contributed by atoms with Crippen molar-refractivity contribution in [3.63, 3.8) is 0 Å². The molecule has 7 nitrogen and oxygen atoms in total. The number of aromatic nitrogens is 1. The molecular formula is C25H24N4O3S. The van der Waals surface area contributed by atoms with Crippen LogP contribution in [0.15, 0.2) is 72.1 Å². The van der Waals surface area contributed by atoms with Crippen LogP contribution in [0.1, 0.15) is 23.0 Å². The molecule has 1 saturated heterocycles. The van der Waals surface area contributed by atoms with Gasteiger partial charge >= 0.3 is 0 Å². The molecule has 0 unspecified atom stereocenters. The summed E-state index contributed by atoms with van der Waals surface area (Å²) < 4.78 is 0. The molecule has 0 saturated carbocycles. The van der Waals surface area contributed by atoms with Gasteiger partial charge in [0.2, 0.25) is 11.8 Å². The molecule has 0 N–H and O–H groups in total. The van der Waals surface area contributed by atoms with Crippen LogP contribution in [-0.2, 0) is 9.59 Å². The fraction of sp³-hybridized carbons (Fsp3) is 0.200. The van der Waals surface area contributed by atoms with Gasteiger partial charge in [0.15, 0.2) is 5.13 Å². The highest BCUT2D eigenvalue weighted by Gasteiger charge is 2.24. The van der Waals surface area contributed by atoms with Gasteiger partial charge in [-0.25, -0.2) is 4.98 Å². The van der Waals surface area contributed by atoms with Crippen LogP contribution in [-0.4, -0.2) is 58.7 Å². The number of thiazole rings is 1. The van der Waals surface area contributed by atoms with Crippen molar-refractivity contribution in [1.29, 1.82) is 0 Å². The number of anilines is 2. The second kappa shape index (κ2) is 10.2. The summed E-state index contributed by atoms with van der Waals surface area (Å²) in [5.74, 6) is -0.269. The third-order valence-electron chi connectivity index (χ3n) is 5.33. The highest BCUT2D eigenvalue weighted by Crippen LogP contribution is 2.29. The summed E-state index contributed by atoms with van der Waals surface area (Å²) in [6, 6.07) is 18.5. The second-order valence-electron chi connectivity index (χ2n) is 7.56. The van der Waals surface area contributed by atoms with Crippen LogP contribution in [0.2, 0.25) is 0 Å². The van der Waals surface area contributed by atoms with Gasteiger partial charge in [-0.1, -0.05) is 36.4 Å². The van der Waals surface area contributed by atoms with E-state index in [0.29, 0.717) is 42.6 Å². The number of hydrogen-bond acceptors (Lipinski definition) is 5. The molecule has 1 aliphatic rings. The Morgan fingerprint density at radius 3 is 2.15 bits per heavy atom. The molecule has 3 amide bonds. The number of hydrogen-bond donors (Lipinski definition) is 0. The van der Waals surface area contributed by atoms with Crippen LogP contribution < -0.4 is 4.90 Å². The molecule has 33 heavy (non-hydrogen) atoms. The van der Waals surface area contributed by atoms with E-state index in [-0.39, 0.29) is 17.7 Å². The van der Waals surface area contributed by atoms with Gasteiger partial charge in [-0.05, 0) is 30.3 Å².